The quantitative estimate of drug-likeness (QED) is 0.798. The van der Waals surface area contributed by atoms with Crippen molar-refractivity contribution in [3.05, 3.63) is 41.6 Å². The topological polar surface area (TPSA) is 61.5 Å². The number of cyclic esters (lactones) is 1. The predicted octanol–water partition coefficient (Wildman–Crippen LogP) is 1.25. The van der Waals surface area contributed by atoms with E-state index in [9.17, 15) is 4.79 Å². The zero-order valence-electron chi connectivity index (χ0n) is 9.68. The Morgan fingerprint density at radius 3 is 2.76 bits per heavy atom. The van der Waals surface area contributed by atoms with Crippen LogP contribution in [0, 0.1) is 5.92 Å². The second-order valence-corrected chi connectivity index (χ2v) is 3.95. The standard InChI is InChI=1S/C13H15NO3/c1-16-11-4-2-9(3-5-11)6-12-10(7-14)8-17-13(12)15/h2-5,7,12H,6,8,14H2,1H3. The number of benzene rings is 1. The zero-order valence-corrected chi connectivity index (χ0v) is 9.68. The van der Waals surface area contributed by atoms with E-state index in [1.165, 1.54) is 6.20 Å². The fraction of sp³-hybridized carbons (Fsp3) is 0.308. The van der Waals surface area contributed by atoms with E-state index in [4.69, 9.17) is 15.2 Å². The molecular formula is C13H15NO3. The van der Waals surface area contributed by atoms with Gasteiger partial charge < -0.3 is 15.2 Å². The van der Waals surface area contributed by atoms with Gasteiger partial charge in [-0.25, -0.2) is 0 Å². The Kier molecular flexibility index (Phi) is 3.32. The molecule has 4 heteroatoms. The molecule has 2 rings (SSSR count). The van der Waals surface area contributed by atoms with Gasteiger partial charge in [-0.1, -0.05) is 12.1 Å². The van der Waals surface area contributed by atoms with Gasteiger partial charge in [0, 0.05) is 0 Å². The van der Waals surface area contributed by atoms with Crippen LogP contribution in [0.15, 0.2) is 36.0 Å². The Hall–Kier alpha value is -1.97. The molecule has 0 radical (unpaired) electrons. The first-order valence-electron chi connectivity index (χ1n) is 5.45. The molecule has 0 amide bonds. The number of ether oxygens (including phenoxy) is 2. The second-order valence-electron chi connectivity index (χ2n) is 3.95. The average molecular weight is 233 g/mol. The molecule has 1 aromatic rings. The number of rotatable bonds is 3. The Morgan fingerprint density at radius 1 is 1.47 bits per heavy atom. The summed E-state index contributed by atoms with van der Waals surface area (Å²) in [6.07, 6.45) is 2.09. The van der Waals surface area contributed by atoms with Gasteiger partial charge in [-0.05, 0) is 35.9 Å². The van der Waals surface area contributed by atoms with Crippen molar-refractivity contribution in [1.29, 1.82) is 0 Å². The third-order valence-corrected chi connectivity index (χ3v) is 2.93. The Balaban J connectivity index is 2.11. The molecule has 1 saturated heterocycles. The maximum atomic E-state index is 11.5. The fourth-order valence-electron chi connectivity index (χ4n) is 1.88. The first kappa shape index (κ1) is 11.5. The van der Waals surface area contributed by atoms with Crippen LogP contribution in [0.4, 0.5) is 0 Å². The highest BCUT2D eigenvalue weighted by Gasteiger charge is 2.31. The summed E-state index contributed by atoms with van der Waals surface area (Å²) in [5.41, 5.74) is 7.39. The summed E-state index contributed by atoms with van der Waals surface area (Å²) in [7, 11) is 1.62. The van der Waals surface area contributed by atoms with Crippen molar-refractivity contribution in [2.75, 3.05) is 13.7 Å². The minimum atomic E-state index is -0.242. The van der Waals surface area contributed by atoms with Gasteiger partial charge >= 0.3 is 5.97 Å². The SMILES string of the molecule is COc1ccc(CC2C(=O)OCC2=CN)cc1. The lowest BCUT2D eigenvalue weighted by atomic mass is 9.94. The first-order chi connectivity index (χ1) is 8.24. The lowest BCUT2D eigenvalue weighted by Gasteiger charge is -2.08. The number of carbonyl (C=O) groups is 1. The van der Waals surface area contributed by atoms with E-state index < -0.39 is 0 Å². The van der Waals surface area contributed by atoms with Gasteiger partial charge in [-0.15, -0.1) is 0 Å². The van der Waals surface area contributed by atoms with Crippen LogP contribution in [-0.4, -0.2) is 19.7 Å². The molecule has 17 heavy (non-hydrogen) atoms. The molecule has 1 heterocycles. The van der Waals surface area contributed by atoms with Crippen LogP contribution < -0.4 is 10.5 Å². The molecule has 0 bridgehead atoms. The summed E-state index contributed by atoms with van der Waals surface area (Å²) >= 11 is 0. The Morgan fingerprint density at radius 2 is 2.18 bits per heavy atom. The minimum Gasteiger partial charge on any atom is -0.497 e. The van der Waals surface area contributed by atoms with Crippen LogP contribution in [0.1, 0.15) is 5.56 Å². The maximum absolute atomic E-state index is 11.5. The van der Waals surface area contributed by atoms with E-state index in [0.29, 0.717) is 13.0 Å². The maximum Gasteiger partial charge on any atom is 0.313 e. The number of esters is 1. The average Bonchev–Trinajstić information content (AvgIpc) is 2.71. The third kappa shape index (κ3) is 2.41. The van der Waals surface area contributed by atoms with Crippen LogP contribution >= 0.6 is 0 Å². The van der Waals surface area contributed by atoms with E-state index in [1.54, 1.807) is 7.11 Å². The van der Waals surface area contributed by atoms with E-state index in [-0.39, 0.29) is 11.9 Å². The number of hydrogen-bond acceptors (Lipinski definition) is 4. The molecule has 1 atom stereocenters. The third-order valence-electron chi connectivity index (χ3n) is 2.93. The Labute approximate surface area is 100 Å². The molecule has 0 aliphatic carbocycles. The van der Waals surface area contributed by atoms with Gasteiger partial charge in [0.15, 0.2) is 0 Å². The summed E-state index contributed by atoms with van der Waals surface area (Å²) in [6.45, 7) is 0.316. The molecule has 1 unspecified atom stereocenters. The van der Waals surface area contributed by atoms with E-state index in [1.807, 2.05) is 24.3 Å². The largest absolute Gasteiger partial charge is 0.497 e. The highest BCUT2D eigenvalue weighted by atomic mass is 16.5. The van der Waals surface area contributed by atoms with Gasteiger partial charge in [-0.3, -0.25) is 4.79 Å². The van der Waals surface area contributed by atoms with E-state index in [2.05, 4.69) is 0 Å². The lowest BCUT2D eigenvalue weighted by molar-refractivity contribution is -0.141. The predicted molar refractivity (Wildman–Crippen MR) is 63.4 cm³/mol. The molecule has 90 valence electrons. The first-order valence-corrected chi connectivity index (χ1v) is 5.45. The molecular weight excluding hydrogens is 218 g/mol. The van der Waals surface area contributed by atoms with Crippen molar-refractivity contribution < 1.29 is 14.3 Å². The zero-order chi connectivity index (χ0) is 12.3. The summed E-state index contributed by atoms with van der Waals surface area (Å²) in [5.74, 6) is 0.364. The number of nitrogens with two attached hydrogens (primary N) is 1. The Bertz CT molecular complexity index is 436. The van der Waals surface area contributed by atoms with Crippen molar-refractivity contribution >= 4 is 5.97 Å². The second kappa shape index (κ2) is 4.91. The molecule has 2 N–H and O–H groups in total. The minimum absolute atomic E-state index is 0.197. The van der Waals surface area contributed by atoms with Gasteiger partial charge in [0.05, 0.1) is 13.0 Å². The van der Waals surface area contributed by atoms with Crippen LogP contribution in [0.3, 0.4) is 0 Å². The van der Waals surface area contributed by atoms with Gasteiger partial charge in [0.1, 0.15) is 12.4 Å². The number of hydrogen-bond donors (Lipinski definition) is 1. The molecule has 4 nitrogen and oxygen atoms in total. The van der Waals surface area contributed by atoms with Gasteiger partial charge in [0.25, 0.3) is 0 Å². The fourth-order valence-corrected chi connectivity index (χ4v) is 1.88. The van der Waals surface area contributed by atoms with Crippen LogP contribution in [0.5, 0.6) is 5.75 Å². The highest BCUT2D eigenvalue weighted by molar-refractivity contribution is 5.79. The van der Waals surface area contributed by atoms with Crippen molar-refractivity contribution in [2.24, 2.45) is 11.7 Å². The molecule has 0 aromatic heterocycles. The summed E-state index contributed by atoms with van der Waals surface area (Å²) < 4.78 is 10.1. The van der Waals surface area contributed by atoms with Crippen molar-refractivity contribution in [3.63, 3.8) is 0 Å². The van der Waals surface area contributed by atoms with Crippen molar-refractivity contribution in [2.45, 2.75) is 6.42 Å². The van der Waals surface area contributed by atoms with E-state index >= 15 is 0 Å². The molecule has 1 aromatic carbocycles. The van der Waals surface area contributed by atoms with Crippen molar-refractivity contribution in [1.82, 2.24) is 0 Å². The normalized spacial score (nSPS) is 21.6. The summed E-state index contributed by atoms with van der Waals surface area (Å²) in [4.78, 5) is 11.5. The van der Waals surface area contributed by atoms with Gasteiger partial charge in [-0.2, -0.15) is 0 Å². The summed E-state index contributed by atoms with van der Waals surface area (Å²) in [6, 6.07) is 7.64. The monoisotopic (exact) mass is 233 g/mol. The van der Waals surface area contributed by atoms with E-state index in [0.717, 1.165) is 16.9 Å². The van der Waals surface area contributed by atoms with Crippen LogP contribution in [0.25, 0.3) is 0 Å². The van der Waals surface area contributed by atoms with Gasteiger partial charge in [0.2, 0.25) is 0 Å². The number of methoxy groups -OCH3 is 1. The van der Waals surface area contributed by atoms with Crippen molar-refractivity contribution in [3.8, 4) is 5.75 Å². The molecule has 0 saturated carbocycles. The molecule has 1 aliphatic rings. The smallest absolute Gasteiger partial charge is 0.313 e. The highest BCUT2D eigenvalue weighted by Crippen LogP contribution is 2.25. The lowest BCUT2D eigenvalue weighted by Crippen LogP contribution is -2.13. The summed E-state index contributed by atoms with van der Waals surface area (Å²) in [5, 5.41) is 0. The number of carbonyl (C=O) groups excluding carboxylic acids is 1. The molecule has 1 fully saturated rings. The molecule has 0 spiro atoms. The van der Waals surface area contributed by atoms with Crippen LogP contribution in [0.2, 0.25) is 0 Å². The molecule has 1 aliphatic heterocycles. The van der Waals surface area contributed by atoms with Crippen LogP contribution in [-0.2, 0) is 16.0 Å².